The molecule has 1 unspecified atom stereocenters. The number of aryl methyl sites for hydroxylation is 1. The first-order valence-electron chi connectivity index (χ1n) is 5.96. The lowest BCUT2D eigenvalue weighted by Crippen LogP contribution is -2.40. The fourth-order valence-electron chi connectivity index (χ4n) is 2.15. The third kappa shape index (κ3) is 2.82. The summed E-state index contributed by atoms with van der Waals surface area (Å²) in [6.45, 7) is 2.86. The van der Waals surface area contributed by atoms with E-state index >= 15 is 0 Å². The lowest BCUT2D eigenvalue weighted by Gasteiger charge is -2.23. The molecule has 0 bridgehead atoms. The lowest BCUT2D eigenvalue weighted by molar-refractivity contribution is 0.0774. The van der Waals surface area contributed by atoms with Crippen LogP contribution in [0.5, 0.6) is 0 Å². The maximum Gasteiger partial charge on any atom is 0.243 e. The number of sulfonamides is 1. The van der Waals surface area contributed by atoms with E-state index in [4.69, 9.17) is 10.5 Å². The van der Waals surface area contributed by atoms with Crippen LogP contribution in [0.1, 0.15) is 18.4 Å². The Labute approximate surface area is 107 Å². The number of hydrogen-bond acceptors (Lipinski definition) is 4. The van der Waals surface area contributed by atoms with Gasteiger partial charge in [-0.3, -0.25) is 0 Å². The first-order chi connectivity index (χ1) is 8.50. The van der Waals surface area contributed by atoms with Gasteiger partial charge in [-0.1, -0.05) is 12.1 Å². The maximum atomic E-state index is 12.3. The summed E-state index contributed by atoms with van der Waals surface area (Å²) in [4.78, 5) is 0.176. The van der Waals surface area contributed by atoms with Gasteiger partial charge in [0.1, 0.15) is 4.90 Å². The van der Waals surface area contributed by atoms with E-state index in [1.54, 1.807) is 25.1 Å². The standard InChI is InChI=1S/C12H18N2O3S/c1-9-4-2-6-11(13)12(9)18(15,16)14-10-5-3-7-17-8-10/h2,4,6,10,14H,3,5,7-8,13H2,1H3. The Kier molecular flexibility index (Phi) is 3.89. The van der Waals surface area contributed by atoms with Gasteiger partial charge < -0.3 is 10.5 Å². The highest BCUT2D eigenvalue weighted by Gasteiger charge is 2.25. The molecule has 1 aromatic rings. The van der Waals surface area contributed by atoms with E-state index in [2.05, 4.69) is 4.72 Å². The van der Waals surface area contributed by atoms with Gasteiger partial charge in [0.2, 0.25) is 10.0 Å². The molecular formula is C12H18N2O3S. The molecule has 0 radical (unpaired) electrons. The topological polar surface area (TPSA) is 81.4 Å². The Morgan fingerprint density at radius 2 is 2.22 bits per heavy atom. The predicted octanol–water partition coefficient (Wildman–Crippen LogP) is 1.03. The van der Waals surface area contributed by atoms with Crippen molar-refractivity contribution in [3.8, 4) is 0 Å². The zero-order valence-electron chi connectivity index (χ0n) is 10.3. The zero-order valence-corrected chi connectivity index (χ0v) is 11.2. The molecule has 1 atom stereocenters. The van der Waals surface area contributed by atoms with Crippen LogP contribution in [-0.2, 0) is 14.8 Å². The number of hydrogen-bond donors (Lipinski definition) is 2. The molecule has 5 nitrogen and oxygen atoms in total. The van der Waals surface area contributed by atoms with Crippen molar-refractivity contribution in [3.05, 3.63) is 23.8 Å². The molecular weight excluding hydrogens is 252 g/mol. The molecule has 0 saturated carbocycles. The highest BCUT2D eigenvalue weighted by Crippen LogP contribution is 2.23. The summed E-state index contributed by atoms with van der Waals surface area (Å²) in [5.41, 5.74) is 6.69. The average Bonchev–Trinajstić information content (AvgIpc) is 2.28. The number of nitrogens with two attached hydrogens (primary N) is 1. The number of anilines is 1. The molecule has 1 saturated heterocycles. The van der Waals surface area contributed by atoms with Crippen LogP contribution < -0.4 is 10.5 Å². The molecule has 1 aliphatic heterocycles. The second-order valence-corrected chi connectivity index (χ2v) is 6.18. The molecule has 3 N–H and O–H groups in total. The molecule has 1 aliphatic rings. The number of ether oxygens (including phenoxy) is 1. The van der Waals surface area contributed by atoms with Gasteiger partial charge in [-0.25, -0.2) is 13.1 Å². The van der Waals surface area contributed by atoms with E-state index in [0.717, 1.165) is 12.8 Å². The van der Waals surface area contributed by atoms with Crippen molar-refractivity contribution >= 4 is 15.7 Å². The maximum absolute atomic E-state index is 12.3. The van der Waals surface area contributed by atoms with Crippen LogP contribution in [0.4, 0.5) is 5.69 Å². The summed E-state index contributed by atoms with van der Waals surface area (Å²) >= 11 is 0. The molecule has 2 rings (SSSR count). The Morgan fingerprint density at radius 3 is 2.83 bits per heavy atom. The van der Waals surface area contributed by atoms with Crippen LogP contribution in [0.2, 0.25) is 0 Å². The van der Waals surface area contributed by atoms with Crippen LogP contribution in [-0.4, -0.2) is 27.7 Å². The molecule has 18 heavy (non-hydrogen) atoms. The van der Waals surface area contributed by atoms with Gasteiger partial charge >= 0.3 is 0 Å². The number of nitrogens with one attached hydrogen (secondary N) is 1. The zero-order chi connectivity index (χ0) is 13.2. The summed E-state index contributed by atoms with van der Waals surface area (Å²) in [6, 6.07) is 4.91. The van der Waals surface area contributed by atoms with Crippen LogP contribution >= 0.6 is 0 Å². The summed E-state index contributed by atoms with van der Waals surface area (Å²) in [6.07, 6.45) is 1.67. The van der Waals surface area contributed by atoms with E-state index in [0.29, 0.717) is 18.8 Å². The van der Waals surface area contributed by atoms with Crippen molar-refractivity contribution in [1.82, 2.24) is 4.72 Å². The summed E-state index contributed by atoms with van der Waals surface area (Å²) < 4.78 is 32.5. The molecule has 100 valence electrons. The first-order valence-corrected chi connectivity index (χ1v) is 7.44. The van der Waals surface area contributed by atoms with Crippen LogP contribution in [0, 0.1) is 6.92 Å². The molecule has 6 heteroatoms. The highest BCUT2D eigenvalue weighted by atomic mass is 32.2. The fraction of sp³-hybridized carbons (Fsp3) is 0.500. The van der Waals surface area contributed by atoms with Gasteiger partial charge in [0.25, 0.3) is 0 Å². The van der Waals surface area contributed by atoms with E-state index in [1.165, 1.54) is 0 Å². The number of nitrogen functional groups attached to an aromatic ring is 1. The van der Waals surface area contributed by atoms with Gasteiger partial charge in [-0.2, -0.15) is 0 Å². The van der Waals surface area contributed by atoms with E-state index in [9.17, 15) is 8.42 Å². The van der Waals surface area contributed by atoms with Crippen LogP contribution in [0.3, 0.4) is 0 Å². The van der Waals surface area contributed by atoms with Crippen molar-refractivity contribution in [3.63, 3.8) is 0 Å². The summed E-state index contributed by atoms with van der Waals surface area (Å²) in [7, 11) is -3.58. The first kappa shape index (κ1) is 13.3. The van der Waals surface area contributed by atoms with Gasteiger partial charge in [0.15, 0.2) is 0 Å². The van der Waals surface area contributed by atoms with Gasteiger partial charge in [-0.15, -0.1) is 0 Å². The molecule has 0 amide bonds. The van der Waals surface area contributed by atoms with Crippen molar-refractivity contribution < 1.29 is 13.2 Å². The average molecular weight is 270 g/mol. The highest BCUT2D eigenvalue weighted by molar-refractivity contribution is 7.89. The fourth-order valence-corrected chi connectivity index (χ4v) is 3.77. The molecule has 1 aromatic carbocycles. The second-order valence-electron chi connectivity index (χ2n) is 4.53. The van der Waals surface area contributed by atoms with E-state index in [-0.39, 0.29) is 16.6 Å². The van der Waals surface area contributed by atoms with Crippen LogP contribution in [0.25, 0.3) is 0 Å². The minimum atomic E-state index is -3.58. The summed E-state index contributed by atoms with van der Waals surface area (Å²) in [5.74, 6) is 0. The quantitative estimate of drug-likeness (QED) is 0.804. The van der Waals surface area contributed by atoms with E-state index in [1.807, 2.05) is 0 Å². The summed E-state index contributed by atoms with van der Waals surface area (Å²) in [5, 5.41) is 0. The minimum Gasteiger partial charge on any atom is -0.398 e. The van der Waals surface area contributed by atoms with Gasteiger partial charge in [0, 0.05) is 12.6 Å². The molecule has 1 fully saturated rings. The normalized spacial score (nSPS) is 20.8. The predicted molar refractivity (Wildman–Crippen MR) is 69.8 cm³/mol. The van der Waals surface area contributed by atoms with Gasteiger partial charge in [0.05, 0.1) is 12.3 Å². The smallest absolute Gasteiger partial charge is 0.243 e. The lowest BCUT2D eigenvalue weighted by atomic mass is 10.1. The molecule has 0 aliphatic carbocycles. The minimum absolute atomic E-state index is 0.164. The van der Waals surface area contributed by atoms with Crippen molar-refractivity contribution in [1.29, 1.82) is 0 Å². The van der Waals surface area contributed by atoms with Gasteiger partial charge in [-0.05, 0) is 31.4 Å². The largest absolute Gasteiger partial charge is 0.398 e. The SMILES string of the molecule is Cc1cccc(N)c1S(=O)(=O)NC1CCCOC1. The molecule has 0 spiro atoms. The Bertz CT molecular complexity index is 502. The Morgan fingerprint density at radius 1 is 1.44 bits per heavy atom. The third-order valence-corrected chi connectivity index (χ3v) is 4.73. The van der Waals surface area contributed by atoms with Crippen molar-refractivity contribution in [2.24, 2.45) is 0 Å². The number of benzene rings is 1. The van der Waals surface area contributed by atoms with Crippen LogP contribution in [0.15, 0.2) is 23.1 Å². The Balaban J connectivity index is 2.25. The Hall–Kier alpha value is -1.11. The van der Waals surface area contributed by atoms with E-state index < -0.39 is 10.0 Å². The third-order valence-electron chi connectivity index (χ3n) is 2.99. The molecule has 1 heterocycles. The monoisotopic (exact) mass is 270 g/mol. The second kappa shape index (κ2) is 5.26. The van der Waals surface area contributed by atoms with Crippen molar-refractivity contribution in [2.45, 2.75) is 30.7 Å². The molecule has 0 aromatic heterocycles. The number of rotatable bonds is 3. The van der Waals surface area contributed by atoms with Crippen molar-refractivity contribution in [2.75, 3.05) is 18.9 Å².